The van der Waals surface area contributed by atoms with Crippen LogP contribution >= 0.6 is 11.6 Å². The summed E-state index contributed by atoms with van der Waals surface area (Å²) in [6.07, 6.45) is 1.59. The summed E-state index contributed by atoms with van der Waals surface area (Å²) in [4.78, 5) is 9.05. The first kappa shape index (κ1) is 20.2. The van der Waals surface area contributed by atoms with Gasteiger partial charge in [-0.2, -0.15) is 9.78 Å². The molecule has 0 saturated carbocycles. The fourth-order valence-electron chi connectivity index (χ4n) is 3.42. The van der Waals surface area contributed by atoms with Gasteiger partial charge in [0.1, 0.15) is 16.2 Å². The molecule has 0 bridgehead atoms. The molecule has 0 aliphatic heterocycles. The van der Waals surface area contributed by atoms with E-state index in [-0.39, 0.29) is 26.8 Å². The lowest BCUT2D eigenvalue weighted by molar-refractivity contribution is 0.597. The molecule has 5 rings (SSSR count). The number of hydrogen-bond donors (Lipinski definition) is 1. The van der Waals surface area contributed by atoms with E-state index in [1.54, 1.807) is 30.5 Å². The zero-order valence-corrected chi connectivity index (χ0v) is 18.1. The van der Waals surface area contributed by atoms with Crippen LogP contribution in [0.4, 0.5) is 5.82 Å². The van der Waals surface area contributed by atoms with Crippen LogP contribution in [-0.2, 0) is 9.84 Å². The molecule has 0 aliphatic rings. The van der Waals surface area contributed by atoms with Gasteiger partial charge >= 0.3 is 0 Å². The summed E-state index contributed by atoms with van der Waals surface area (Å²) in [5.41, 5.74) is 8.72. The highest BCUT2D eigenvalue weighted by Gasteiger charge is 2.30. The van der Waals surface area contributed by atoms with Crippen LogP contribution in [0.1, 0.15) is 5.56 Å². The maximum Gasteiger partial charge on any atom is 0.212 e. The van der Waals surface area contributed by atoms with E-state index < -0.39 is 9.84 Å². The number of benzene rings is 3. The molecule has 0 aliphatic carbocycles. The van der Waals surface area contributed by atoms with Gasteiger partial charge in [-0.15, -0.1) is 0 Å². The first-order valence-corrected chi connectivity index (χ1v) is 11.5. The van der Waals surface area contributed by atoms with Gasteiger partial charge in [-0.05, 0) is 35.9 Å². The molecule has 2 aromatic heterocycles. The van der Waals surface area contributed by atoms with Crippen molar-refractivity contribution in [3.63, 3.8) is 0 Å². The molecule has 0 atom stereocenters. The van der Waals surface area contributed by atoms with Gasteiger partial charge in [-0.1, -0.05) is 60.1 Å². The van der Waals surface area contributed by atoms with Crippen molar-refractivity contribution in [3.05, 3.63) is 89.4 Å². The number of nitrogens with two attached hydrogens (primary N) is 1. The third-order valence-electron chi connectivity index (χ3n) is 4.93. The van der Waals surface area contributed by atoms with Crippen LogP contribution in [-0.4, -0.2) is 29.3 Å². The summed E-state index contributed by atoms with van der Waals surface area (Å²) in [5, 5.41) is 4.73. The van der Waals surface area contributed by atoms with Crippen molar-refractivity contribution >= 4 is 55.7 Å². The zero-order valence-electron chi connectivity index (χ0n) is 16.6. The smallest absolute Gasteiger partial charge is 0.212 e. The van der Waals surface area contributed by atoms with Crippen molar-refractivity contribution in [2.75, 3.05) is 5.73 Å². The Hall–Kier alpha value is -3.75. The Kier molecular flexibility index (Phi) is 4.88. The van der Waals surface area contributed by atoms with E-state index in [0.29, 0.717) is 16.1 Å². The van der Waals surface area contributed by atoms with Gasteiger partial charge in [0.2, 0.25) is 9.84 Å². The van der Waals surface area contributed by atoms with E-state index in [0.717, 1.165) is 5.56 Å². The number of nitrogens with zero attached hydrogens (tertiary/aromatic N) is 4. The zero-order chi connectivity index (χ0) is 22.3. The van der Waals surface area contributed by atoms with Crippen molar-refractivity contribution in [1.82, 2.24) is 14.6 Å². The van der Waals surface area contributed by atoms with E-state index >= 15 is 0 Å². The highest BCUT2D eigenvalue weighted by atomic mass is 35.5. The van der Waals surface area contributed by atoms with Crippen LogP contribution in [0.2, 0.25) is 5.02 Å². The Balaban J connectivity index is 1.82. The lowest BCUT2D eigenvalue weighted by atomic mass is 10.2. The van der Waals surface area contributed by atoms with Crippen molar-refractivity contribution in [1.29, 1.82) is 0 Å². The van der Waals surface area contributed by atoms with Gasteiger partial charge in [0, 0.05) is 5.02 Å². The number of rotatable bonds is 4. The van der Waals surface area contributed by atoms with E-state index in [2.05, 4.69) is 15.1 Å². The molecule has 0 saturated heterocycles. The summed E-state index contributed by atoms with van der Waals surface area (Å²) in [7, 11) is -4.06. The second-order valence-corrected chi connectivity index (χ2v) is 9.35. The minimum Gasteiger partial charge on any atom is -0.382 e. The van der Waals surface area contributed by atoms with Gasteiger partial charge in [-0.25, -0.2) is 18.4 Å². The summed E-state index contributed by atoms with van der Waals surface area (Å²) in [6.45, 7) is 0. The van der Waals surface area contributed by atoms with Crippen molar-refractivity contribution in [2.45, 2.75) is 9.79 Å². The predicted octanol–water partition coefficient (Wildman–Crippen LogP) is 4.54. The molecule has 0 unspecified atom stereocenters. The summed E-state index contributed by atoms with van der Waals surface area (Å²) in [5.74, 6) is -0.0811. The lowest BCUT2D eigenvalue weighted by Crippen LogP contribution is -2.06. The highest BCUT2D eigenvalue weighted by Crippen LogP contribution is 2.35. The number of halogens is 1. The van der Waals surface area contributed by atoms with Gasteiger partial charge in [0.15, 0.2) is 5.65 Å². The summed E-state index contributed by atoms with van der Waals surface area (Å²) >= 11 is 6.04. The number of aromatic nitrogens is 3. The molecular weight excluding hydrogens is 446 g/mol. The van der Waals surface area contributed by atoms with Gasteiger partial charge in [0.05, 0.1) is 22.1 Å². The van der Waals surface area contributed by atoms with Gasteiger partial charge in [-0.3, -0.25) is 0 Å². The monoisotopic (exact) mass is 461 g/mol. The Morgan fingerprint density at radius 3 is 2.31 bits per heavy atom. The third kappa shape index (κ3) is 3.39. The molecule has 0 amide bonds. The van der Waals surface area contributed by atoms with Gasteiger partial charge < -0.3 is 5.73 Å². The summed E-state index contributed by atoms with van der Waals surface area (Å²) in [6, 6.07) is 22.6. The first-order valence-electron chi connectivity index (χ1n) is 9.62. The average Bonchev–Trinajstić information content (AvgIpc) is 3.07. The molecule has 0 spiro atoms. The molecule has 3 aromatic carbocycles. The maximum atomic E-state index is 13.6. The molecule has 2 N–H and O–H groups in total. The molecule has 0 fully saturated rings. The molecular formula is C23H16ClN5O2S. The van der Waals surface area contributed by atoms with E-state index in [4.69, 9.17) is 17.3 Å². The number of hydrogen-bond acceptors (Lipinski definition) is 6. The molecule has 32 heavy (non-hydrogen) atoms. The molecule has 5 aromatic rings. The second-order valence-electron chi connectivity index (χ2n) is 7.03. The lowest BCUT2D eigenvalue weighted by Gasteiger charge is -2.05. The van der Waals surface area contributed by atoms with Gasteiger partial charge in [0.25, 0.3) is 0 Å². The standard InChI is InChI=1S/C23H16ClN5O2S/c24-16-9-6-10-17(13-16)32(30,31)21-20-23(28-19-12-5-4-11-18(19)27-20)29(22(21)25)26-14-15-7-2-1-3-8-15/h1-14H,25H2/b26-14+. The minimum absolute atomic E-state index is 0.0118. The predicted molar refractivity (Wildman–Crippen MR) is 126 cm³/mol. The topological polar surface area (TPSA) is 103 Å². The highest BCUT2D eigenvalue weighted by molar-refractivity contribution is 7.92. The van der Waals surface area contributed by atoms with Crippen LogP contribution in [0.25, 0.3) is 22.2 Å². The van der Waals surface area contributed by atoms with Crippen molar-refractivity contribution < 1.29 is 8.42 Å². The number of fused-ring (bicyclic) bond motifs is 2. The molecule has 158 valence electrons. The normalized spacial score (nSPS) is 12.2. The van der Waals surface area contributed by atoms with Crippen LogP contribution < -0.4 is 5.73 Å². The van der Waals surface area contributed by atoms with Crippen LogP contribution in [0.5, 0.6) is 0 Å². The Morgan fingerprint density at radius 2 is 1.59 bits per heavy atom. The first-order chi connectivity index (χ1) is 15.4. The van der Waals surface area contributed by atoms with Crippen molar-refractivity contribution in [2.24, 2.45) is 5.10 Å². The van der Waals surface area contributed by atoms with Crippen LogP contribution in [0, 0.1) is 0 Å². The SMILES string of the molecule is Nc1c(S(=O)(=O)c2cccc(Cl)c2)c2nc3ccccc3nc2n1/N=C/c1ccccc1. The molecule has 2 heterocycles. The average molecular weight is 462 g/mol. The molecule has 9 heteroatoms. The van der Waals surface area contributed by atoms with E-state index in [1.807, 2.05) is 42.5 Å². The fraction of sp³-hybridized carbons (Fsp3) is 0. The Labute approximate surface area is 188 Å². The van der Waals surface area contributed by atoms with Crippen LogP contribution in [0.15, 0.2) is 93.8 Å². The Bertz CT molecular complexity index is 1610. The van der Waals surface area contributed by atoms with Crippen molar-refractivity contribution in [3.8, 4) is 0 Å². The molecule has 7 nitrogen and oxygen atoms in total. The number of anilines is 1. The van der Waals surface area contributed by atoms with E-state index in [9.17, 15) is 8.42 Å². The number of sulfone groups is 1. The second kappa shape index (κ2) is 7.74. The fourth-order valence-corrected chi connectivity index (χ4v) is 5.20. The quantitative estimate of drug-likeness (QED) is 0.396. The van der Waals surface area contributed by atoms with Crippen LogP contribution in [0.3, 0.4) is 0 Å². The Morgan fingerprint density at radius 1 is 0.906 bits per heavy atom. The molecule has 0 radical (unpaired) electrons. The number of para-hydroxylation sites is 2. The number of nitrogen functional groups attached to an aromatic ring is 1. The largest absolute Gasteiger partial charge is 0.382 e. The minimum atomic E-state index is -4.06. The maximum absolute atomic E-state index is 13.6. The van der Waals surface area contributed by atoms with E-state index in [1.165, 1.54) is 16.8 Å². The third-order valence-corrected chi connectivity index (χ3v) is 6.98. The summed E-state index contributed by atoms with van der Waals surface area (Å²) < 4.78 is 28.5.